The number of piperazine rings is 1. The van der Waals surface area contributed by atoms with Crippen LogP contribution in [0.15, 0.2) is 70.3 Å². The van der Waals surface area contributed by atoms with Crippen molar-refractivity contribution in [2.45, 2.75) is 19.6 Å². The number of aromatic nitrogens is 3. The van der Waals surface area contributed by atoms with Crippen molar-refractivity contribution in [1.29, 1.82) is 0 Å². The molecule has 10 heteroatoms. The number of rotatable bonds is 8. The number of para-hydroxylation sites is 3. The fourth-order valence-electron chi connectivity index (χ4n) is 5.22. The second-order valence-electron chi connectivity index (χ2n) is 9.65. The Hall–Kier alpha value is -4.15. The Bertz CT molecular complexity index is 1580. The molecule has 0 saturated carbocycles. The maximum Gasteiger partial charge on any atom is 0.279 e. The summed E-state index contributed by atoms with van der Waals surface area (Å²) in [5.41, 5.74) is 1.33. The number of methoxy groups -OCH3 is 2. The lowest BCUT2D eigenvalue weighted by molar-refractivity contribution is 0.0886. The fraction of sp³-hybridized carbons (Fsp3) is 0.345. The van der Waals surface area contributed by atoms with E-state index in [1.165, 1.54) is 16.5 Å². The molecular weight excluding hydrogens is 498 g/mol. The van der Waals surface area contributed by atoms with E-state index in [2.05, 4.69) is 14.8 Å². The number of β-amino-alcohol motifs (C(OH)–C–C–N with tert-alkyl or cyclic N) is 1. The van der Waals surface area contributed by atoms with Gasteiger partial charge in [0, 0.05) is 38.4 Å². The molecule has 1 N–H and O–H groups in total. The van der Waals surface area contributed by atoms with E-state index in [1.54, 1.807) is 44.4 Å². The molecule has 1 fully saturated rings. The SMILES string of the molecule is COc1ccccc1N1CCN(CC(O)Cn2c(=O)c3c(OC)nc(C)cc3c(=O)n2-c2ccccc2)CC1. The van der Waals surface area contributed by atoms with Crippen LogP contribution in [0, 0.1) is 6.92 Å². The van der Waals surface area contributed by atoms with E-state index in [1.807, 2.05) is 30.3 Å². The number of nitrogens with zero attached hydrogens (tertiary/aromatic N) is 5. The normalized spacial score (nSPS) is 14.9. The molecule has 2 aromatic heterocycles. The first-order valence-electron chi connectivity index (χ1n) is 13.0. The number of hydrogen-bond donors (Lipinski definition) is 1. The second-order valence-corrected chi connectivity index (χ2v) is 9.65. The van der Waals surface area contributed by atoms with Crippen molar-refractivity contribution in [2.75, 3.05) is 51.8 Å². The monoisotopic (exact) mass is 531 g/mol. The number of aryl methyl sites for hydroxylation is 1. The van der Waals surface area contributed by atoms with E-state index in [0.29, 0.717) is 17.9 Å². The van der Waals surface area contributed by atoms with Gasteiger partial charge in [0.25, 0.3) is 11.1 Å². The van der Waals surface area contributed by atoms with Crippen molar-refractivity contribution >= 4 is 16.5 Å². The summed E-state index contributed by atoms with van der Waals surface area (Å²) in [6.07, 6.45) is -0.892. The quantitative estimate of drug-likeness (QED) is 0.369. The zero-order valence-electron chi connectivity index (χ0n) is 22.4. The Kier molecular flexibility index (Phi) is 7.67. The Morgan fingerprint density at radius 1 is 0.897 bits per heavy atom. The van der Waals surface area contributed by atoms with E-state index >= 15 is 0 Å². The number of benzene rings is 2. The topological polar surface area (TPSA) is 102 Å². The third kappa shape index (κ3) is 5.25. The zero-order valence-corrected chi connectivity index (χ0v) is 22.4. The van der Waals surface area contributed by atoms with Crippen LogP contribution in [0.5, 0.6) is 11.6 Å². The highest BCUT2D eigenvalue weighted by Crippen LogP contribution is 2.28. The second kappa shape index (κ2) is 11.3. The summed E-state index contributed by atoms with van der Waals surface area (Å²) >= 11 is 0. The highest BCUT2D eigenvalue weighted by Gasteiger charge is 2.24. The van der Waals surface area contributed by atoms with Crippen LogP contribution in [-0.2, 0) is 6.54 Å². The number of aliphatic hydroxyl groups excluding tert-OH is 1. The minimum absolute atomic E-state index is 0.0668. The summed E-state index contributed by atoms with van der Waals surface area (Å²) in [5.74, 6) is 0.934. The van der Waals surface area contributed by atoms with Gasteiger partial charge in [0.05, 0.1) is 43.6 Å². The highest BCUT2D eigenvalue weighted by atomic mass is 16.5. The Labute approximate surface area is 226 Å². The molecule has 1 saturated heterocycles. The van der Waals surface area contributed by atoms with Crippen molar-refractivity contribution in [3.63, 3.8) is 0 Å². The van der Waals surface area contributed by atoms with Gasteiger partial charge >= 0.3 is 0 Å². The predicted octanol–water partition coefficient (Wildman–Crippen LogP) is 2.06. The molecule has 0 aliphatic carbocycles. The summed E-state index contributed by atoms with van der Waals surface area (Å²) in [6, 6.07) is 18.5. The van der Waals surface area contributed by atoms with E-state index in [-0.39, 0.29) is 28.8 Å². The Morgan fingerprint density at radius 3 is 2.28 bits per heavy atom. The van der Waals surface area contributed by atoms with E-state index in [0.717, 1.165) is 37.6 Å². The maximum absolute atomic E-state index is 13.8. The largest absolute Gasteiger partial charge is 0.495 e. The summed E-state index contributed by atoms with van der Waals surface area (Å²) in [4.78, 5) is 36.3. The first-order valence-corrected chi connectivity index (χ1v) is 13.0. The van der Waals surface area contributed by atoms with Gasteiger partial charge < -0.3 is 19.5 Å². The summed E-state index contributed by atoms with van der Waals surface area (Å²) in [7, 11) is 3.09. The minimum atomic E-state index is -0.892. The first kappa shape index (κ1) is 26.5. The van der Waals surface area contributed by atoms with Crippen LogP contribution in [-0.4, -0.2) is 77.4 Å². The molecule has 2 aromatic carbocycles. The maximum atomic E-state index is 13.8. The van der Waals surface area contributed by atoms with Gasteiger partial charge in [-0.15, -0.1) is 0 Å². The third-order valence-electron chi connectivity index (χ3n) is 7.07. The lowest BCUT2D eigenvalue weighted by Crippen LogP contribution is -2.50. The van der Waals surface area contributed by atoms with Crippen LogP contribution in [0.4, 0.5) is 5.69 Å². The molecule has 1 aliphatic rings. The van der Waals surface area contributed by atoms with Crippen LogP contribution >= 0.6 is 0 Å². The molecule has 1 aliphatic heterocycles. The summed E-state index contributed by atoms with van der Waals surface area (Å²) < 4.78 is 13.5. The van der Waals surface area contributed by atoms with Crippen LogP contribution in [0.1, 0.15) is 5.69 Å². The van der Waals surface area contributed by atoms with Gasteiger partial charge in [-0.05, 0) is 37.3 Å². The molecule has 204 valence electrons. The third-order valence-corrected chi connectivity index (χ3v) is 7.07. The summed E-state index contributed by atoms with van der Waals surface area (Å²) in [5, 5.41) is 11.5. The molecule has 0 bridgehead atoms. The average molecular weight is 532 g/mol. The molecule has 1 atom stereocenters. The molecule has 39 heavy (non-hydrogen) atoms. The van der Waals surface area contributed by atoms with Crippen molar-refractivity contribution in [3.8, 4) is 17.3 Å². The highest BCUT2D eigenvalue weighted by molar-refractivity contribution is 5.85. The number of aliphatic hydroxyl groups is 1. The Morgan fingerprint density at radius 2 is 1.59 bits per heavy atom. The molecule has 0 spiro atoms. The lowest BCUT2D eigenvalue weighted by atomic mass is 10.2. The minimum Gasteiger partial charge on any atom is -0.495 e. The van der Waals surface area contributed by atoms with Gasteiger partial charge in [-0.2, -0.15) is 0 Å². The van der Waals surface area contributed by atoms with Crippen LogP contribution in [0.2, 0.25) is 0 Å². The van der Waals surface area contributed by atoms with Gasteiger partial charge in [0.1, 0.15) is 11.1 Å². The van der Waals surface area contributed by atoms with Crippen LogP contribution in [0.3, 0.4) is 0 Å². The summed E-state index contributed by atoms with van der Waals surface area (Å²) in [6.45, 7) is 5.07. The molecule has 3 heterocycles. The van der Waals surface area contributed by atoms with Crippen molar-refractivity contribution in [2.24, 2.45) is 0 Å². The number of pyridine rings is 1. The molecule has 4 aromatic rings. The number of hydrogen-bond acceptors (Lipinski definition) is 8. The molecule has 1 unspecified atom stereocenters. The number of fused-ring (bicyclic) bond motifs is 1. The smallest absolute Gasteiger partial charge is 0.279 e. The average Bonchev–Trinajstić information content (AvgIpc) is 2.96. The van der Waals surface area contributed by atoms with Gasteiger partial charge in [-0.3, -0.25) is 14.5 Å². The zero-order chi connectivity index (χ0) is 27.5. The van der Waals surface area contributed by atoms with Gasteiger partial charge in [0.2, 0.25) is 5.88 Å². The van der Waals surface area contributed by atoms with Crippen LogP contribution < -0.4 is 25.5 Å². The lowest BCUT2D eigenvalue weighted by Gasteiger charge is -2.37. The van der Waals surface area contributed by atoms with Crippen molar-refractivity contribution < 1.29 is 14.6 Å². The number of anilines is 1. The van der Waals surface area contributed by atoms with Crippen LogP contribution in [0.25, 0.3) is 16.5 Å². The fourth-order valence-corrected chi connectivity index (χ4v) is 5.22. The van der Waals surface area contributed by atoms with Gasteiger partial charge in [-0.25, -0.2) is 14.3 Å². The van der Waals surface area contributed by atoms with Crippen molar-refractivity contribution in [1.82, 2.24) is 19.2 Å². The molecule has 0 radical (unpaired) electrons. The van der Waals surface area contributed by atoms with Gasteiger partial charge in [0.15, 0.2) is 0 Å². The Balaban J connectivity index is 1.42. The van der Waals surface area contributed by atoms with Crippen molar-refractivity contribution in [3.05, 3.63) is 87.1 Å². The predicted molar refractivity (Wildman–Crippen MR) is 151 cm³/mol. The standard InChI is InChI=1S/C29H33N5O5/c1-20-17-23-26(27(30-20)39-3)29(37)33(34(28(23)36)21-9-5-4-6-10-21)19-22(35)18-31-13-15-32(16-14-31)24-11-7-8-12-25(24)38-2/h4-12,17,22,35H,13-16,18-19H2,1-3H3. The van der Waals surface area contributed by atoms with Gasteiger partial charge in [-0.1, -0.05) is 30.3 Å². The molecule has 0 amide bonds. The van der Waals surface area contributed by atoms with E-state index in [9.17, 15) is 14.7 Å². The molecule has 5 rings (SSSR count). The molecule has 10 nitrogen and oxygen atoms in total. The van der Waals surface area contributed by atoms with E-state index < -0.39 is 11.7 Å². The number of ether oxygens (including phenoxy) is 2. The molecular formula is C29H33N5O5. The first-order chi connectivity index (χ1) is 18.9. The van der Waals surface area contributed by atoms with E-state index in [4.69, 9.17) is 9.47 Å².